The first-order valence-corrected chi connectivity index (χ1v) is 7.75. The molecule has 1 atom stereocenters. The SMILES string of the molecule is CC(C)C(N)CCN(C)C(=O)c1cnc2sccn2c1=O.Cl. The van der Waals surface area contributed by atoms with E-state index in [1.165, 1.54) is 26.8 Å². The van der Waals surface area contributed by atoms with E-state index in [0.29, 0.717) is 23.8 Å². The minimum Gasteiger partial charge on any atom is -0.341 e. The van der Waals surface area contributed by atoms with Gasteiger partial charge in [-0.3, -0.25) is 14.0 Å². The van der Waals surface area contributed by atoms with Gasteiger partial charge in [-0.2, -0.15) is 0 Å². The second-order valence-electron chi connectivity index (χ2n) is 5.46. The molecule has 0 saturated heterocycles. The monoisotopic (exact) mass is 344 g/mol. The smallest absolute Gasteiger partial charge is 0.271 e. The Hall–Kier alpha value is -1.44. The molecule has 0 aromatic carbocycles. The van der Waals surface area contributed by atoms with Crippen LogP contribution in [0.25, 0.3) is 4.96 Å². The lowest BCUT2D eigenvalue weighted by atomic mass is 10.0. The third-order valence-corrected chi connectivity index (χ3v) is 4.34. The second-order valence-corrected chi connectivity index (χ2v) is 6.33. The zero-order valence-electron chi connectivity index (χ0n) is 12.9. The Morgan fingerprint density at radius 1 is 1.50 bits per heavy atom. The van der Waals surface area contributed by atoms with Crippen LogP contribution in [0, 0.1) is 5.92 Å². The summed E-state index contributed by atoms with van der Waals surface area (Å²) in [6.07, 6.45) is 3.69. The molecule has 0 aliphatic carbocycles. The standard InChI is InChI=1S/C14H20N4O2S.ClH/c1-9(2)11(15)4-5-17(3)12(19)10-8-16-14-18(13(10)20)6-7-21-14;/h6-9,11H,4-5,15H2,1-3H3;1H. The molecule has 0 fully saturated rings. The van der Waals surface area contributed by atoms with Gasteiger partial charge in [0.05, 0.1) is 0 Å². The molecule has 1 unspecified atom stereocenters. The Morgan fingerprint density at radius 3 is 2.82 bits per heavy atom. The highest BCUT2D eigenvalue weighted by Gasteiger charge is 2.18. The summed E-state index contributed by atoms with van der Waals surface area (Å²) in [6.45, 7) is 4.62. The molecule has 0 aliphatic heterocycles. The third kappa shape index (κ3) is 3.85. The van der Waals surface area contributed by atoms with Crippen LogP contribution in [0.1, 0.15) is 30.6 Å². The van der Waals surface area contributed by atoms with Crippen LogP contribution < -0.4 is 11.3 Å². The molecule has 2 aromatic heterocycles. The van der Waals surface area contributed by atoms with Gasteiger partial charge >= 0.3 is 0 Å². The van der Waals surface area contributed by atoms with E-state index in [-0.39, 0.29) is 35.5 Å². The Labute approximate surface area is 139 Å². The largest absolute Gasteiger partial charge is 0.341 e. The predicted molar refractivity (Wildman–Crippen MR) is 91.0 cm³/mol. The van der Waals surface area contributed by atoms with Gasteiger partial charge in [-0.15, -0.1) is 23.7 Å². The van der Waals surface area contributed by atoms with Crippen LogP contribution in [0.2, 0.25) is 0 Å². The lowest BCUT2D eigenvalue weighted by molar-refractivity contribution is 0.0787. The molecular weight excluding hydrogens is 324 g/mol. The van der Waals surface area contributed by atoms with Crippen molar-refractivity contribution in [2.75, 3.05) is 13.6 Å². The maximum absolute atomic E-state index is 12.3. The van der Waals surface area contributed by atoms with Crippen LogP contribution in [-0.4, -0.2) is 39.8 Å². The first kappa shape index (κ1) is 18.6. The van der Waals surface area contributed by atoms with E-state index >= 15 is 0 Å². The van der Waals surface area contributed by atoms with E-state index in [2.05, 4.69) is 4.98 Å². The summed E-state index contributed by atoms with van der Waals surface area (Å²) in [7, 11) is 1.68. The van der Waals surface area contributed by atoms with Gasteiger partial charge in [0.25, 0.3) is 11.5 Å². The lowest BCUT2D eigenvalue weighted by Crippen LogP contribution is -2.37. The second kappa shape index (κ2) is 7.71. The first-order valence-electron chi connectivity index (χ1n) is 6.87. The fourth-order valence-electron chi connectivity index (χ4n) is 1.95. The summed E-state index contributed by atoms with van der Waals surface area (Å²) >= 11 is 1.36. The summed E-state index contributed by atoms with van der Waals surface area (Å²) in [6, 6.07) is 0.0406. The number of halogens is 1. The summed E-state index contributed by atoms with van der Waals surface area (Å²) in [4.78, 5) is 30.8. The van der Waals surface area contributed by atoms with Crippen LogP contribution in [0.15, 0.2) is 22.6 Å². The molecule has 0 bridgehead atoms. The highest BCUT2D eigenvalue weighted by atomic mass is 35.5. The van der Waals surface area contributed by atoms with Gasteiger partial charge < -0.3 is 10.6 Å². The zero-order chi connectivity index (χ0) is 15.6. The summed E-state index contributed by atoms with van der Waals surface area (Å²) < 4.78 is 1.39. The molecule has 8 heteroatoms. The average Bonchev–Trinajstić information content (AvgIpc) is 2.93. The van der Waals surface area contributed by atoms with E-state index in [4.69, 9.17) is 5.73 Å². The fraction of sp³-hybridized carbons (Fsp3) is 0.500. The van der Waals surface area contributed by atoms with E-state index in [9.17, 15) is 9.59 Å². The highest BCUT2D eigenvalue weighted by Crippen LogP contribution is 2.08. The number of amides is 1. The quantitative estimate of drug-likeness (QED) is 0.893. The molecule has 122 valence electrons. The van der Waals surface area contributed by atoms with Crippen LogP contribution in [0.4, 0.5) is 0 Å². The van der Waals surface area contributed by atoms with Crippen molar-refractivity contribution in [2.45, 2.75) is 26.3 Å². The van der Waals surface area contributed by atoms with Gasteiger partial charge in [0, 0.05) is 37.4 Å². The number of carbonyl (C=O) groups is 1. The van der Waals surface area contributed by atoms with E-state index in [1.807, 2.05) is 13.8 Å². The van der Waals surface area contributed by atoms with Crippen molar-refractivity contribution in [3.05, 3.63) is 33.7 Å². The normalized spacial score (nSPS) is 12.2. The maximum atomic E-state index is 12.3. The van der Waals surface area contributed by atoms with Crippen molar-refractivity contribution in [2.24, 2.45) is 11.7 Å². The van der Waals surface area contributed by atoms with Crippen molar-refractivity contribution in [3.8, 4) is 0 Å². The van der Waals surface area contributed by atoms with Crippen molar-refractivity contribution in [1.82, 2.24) is 14.3 Å². The number of hydrogen-bond donors (Lipinski definition) is 1. The van der Waals surface area contributed by atoms with E-state index < -0.39 is 0 Å². The summed E-state index contributed by atoms with van der Waals surface area (Å²) in [5.41, 5.74) is 5.74. The van der Waals surface area contributed by atoms with Crippen LogP contribution in [0.3, 0.4) is 0 Å². The van der Waals surface area contributed by atoms with Crippen molar-refractivity contribution in [3.63, 3.8) is 0 Å². The number of aromatic nitrogens is 2. The number of carbonyl (C=O) groups excluding carboxylic acids is 1. The number of thiazole rings is 1. The summed E-state index contributed by atoms with van der Waals surface area (Å²) in [5, 5.41) is 1.77. The number of rotatable bonds is 5. The molecule has 22 heavy (non-hydrogen) atoms. The molecule has 0 saturated carbocycles. The van der Waals surface area contributed by atoms with Crippen molar-refractivity contribution < 1.29 is 4.79 Å². The van der Waals surface area contributed by atoms with E-state index in [0.717, 1.165) is 0 Å². The van der Waals surface area contributed by atoms with Crippen molar-refractivity contribution >= 4 is 34.6 Å². The predicted octanol–water partition coefficient (Wildman–Crippen LogP) is 1.62. The Balaban J connectivity index is 0.00000242. The van der Waals surface area contributed by atoms with Crippen LogP contribution in [0.5, 0.6) is 0 Å². The molecule has 0 spiro atoms. The van der Waals surface area contributed by atoms with Gasteiger partial charge in [0.15, 0.2) is 4.96 Å². The first-order chi connectivity index (χ1) is 9.91. The minimum atomic E-state index is -0.328. The third-order valence-electron chi connectivity index (χ3n) is 3.57. The summed E-state index contributed by atoms with van der Waals surface area (Å²) in [5.74, 6) is 0.0482. The van der Waals surface area contributed by atoms with E-state index in [1.54, 1.807) is 18.6 Å². The Kier molecular flexibility index (Phi) is 6.52. The number of nitrogens with zero attached hydrogens (tertiary/aromatic N) is 3. The molecule has 2 rings (SSSR count). The van der Waals surface area contributed by atoms with Gasteiger partial charge in [0.2, 0.25) is 0 Å². The van der Waals surface area contributed by atoms with Gasteiger partial charge in [-0.1, -0.05) is 13.8 Å². The zero-order valence-corrected chi connectivity index (χ0v) is 14.5. The minimum absolute atomic E-state index is 0. The topological polar surface area (TPSA) is 80.7 Å². The van der Waals surface area contributed by atoms with Crippen LogP contribution in [-0.2, 0) is 0 Å². The Morgan fingerprint density at radius 2 is 2.18 bits per heavy atom. The van der Waals surface area contributed by atoms with Crippen LogP contribution >= 0.6 is 23.7 Å². The number of fused-ring (bicyclic) bond motifs is 1. The molecule has 2 aromatic rings. The molecule has 0 radical (unpaired) electrons. The highest BCUT2D eigenvalue weighted by molar-refractivity contribution is 7.15. The molecule has 2 heterocycles. The van der Waals surface area contributed by atoms with Gasteiger partial charge in [-0.05, 0) is 12.3 Å². The molecular formula is C14H21ClN4O2S. The van der Waals surface area contributed by atoms with Crippen molar-refractivity contribution in [1.29, 1.82) is 0 Å². The maximum Gasteiger partial charge on any atom is 0.271 e. The molecule has 2 N–H and O–H groups in total. The number of nitrogens with two attached hydrogens (primary N) is 1. The molecule has 6 nitrogen and oxygen atoms in total. The number of hydrogen-bond acceptors (Lipinski definition) is 5. The molecule has 0 aliphatic rings. The lowest BCUT2D eigenvalue weighted by Gasteiger charge is -2.21. The van der Waals surface area contributed by atoms with Gasteiger partial charge in [0.1, 0.15) is 5.56 Å². The average molecular weight is 345 g/mol. The van der Waals surface area contributed by atoms with Gasteiger partial charge in [-0.25, -0.2) is 4.98 Å². The Bertz CT molecular complexity index is 697. The molecule has 1 amide bonds. The fourth-order valence-corrected chi connectivity index (χ4v) is 2.63.